The van der Waals surface area contributed by atoms with Crippen molar-refractivity contribution in [2.24, 2.45) is 0 Å². The molecular formula is C21H31N3O3. The molecular weight excluding hydrogens is 342 g/mol. The largest absolute Gasteiger partial charge is 0.480 e. The Bertz CT molecular complexity index is 629. The van der Waals surface area contributed by atoms with Gasteiger partial charge in [-0.3, -0.25) is 9.69 Å². The van der Waals surface area contributed by atoms with E-state index in [-0.39, 0.29) is 24.7 Å². The summed E-state index contributed by atoms with van der Waals surface area (Å²) >= 11 is 0. The molecule has 2 aliphatic rings. The van der Waals surface area contributed by atoms with Crippen LogP contribution in [0.1, 0.15) is 50.5 Å². The third-order valence-corrected chi connectivity index (χ3v) is 6.07. The maximum atomic E-state index is 12.8. The molecule has 1 aliphatic heterocycles. The number of piperidine rings is 1. The Hall–Kier alpha value is -2.08. The molecule has 0 radical (unpaired) electrons. The fourth-order valence-electron chi connectivity index (χ4n) is 4.59. The normalized spacial score (nSPS) is 23.6. The van der Waals surface area contributed by atoms with E-state index in [1.807, 2.05) is 22.8 Å². The van der Waals surface area contributed by atoms with Crippen molar-refractivity contribution in [3.8, 4) is 0 Å². The number of aliphatic carboxylic acids is 1. The molecule has 1 saturated heterocycles. The van der Waals surface area contributed by atoms with Gasteiger partial charge in [0, 0.05) is 31.1 Å². The van der Waals surface area contributed by atoms with Gasteiger partial charge < -0.3 is 15.3 Å². The molecule has 0 bridgehead atoms. The maximum absolute atomic E-state index is 12.8. The molecule has 0 aromatic heterocycles. The zero-order valence-electron chi connectivity index (χ0n) is 16.1. The van der Waals surface area contributed by atoms with Crippen LogP contribution in [0.3, 0.4) is 0 Å². The first-order valence-electron chi connectivity index (χ1n) is 10.1. The van der Waals surface area contributed by atoms with Crippen LogP contribution >= 0.6 is 0 Å². The second kappa shape index (κ2) is 9.22. The molecule has 1 heterocycles. The van der Waals surface area contributed by atoms with Crippen molar-refractivity contribution in [1.29, 1.82) is 0 Å². The van der Waals surface area contributed by atoms with Gasteiger partial charge in [-0.05, 0) is 37.8 Å². The maximum Gasteiger partial charge on any atom is 0.317 e. The van der Waals surface area contributed by atoms with E-state index >= 15 is 0 Å². The number of benzene rings is 1. The van der Waals surface area contributed by atoms with E-state index in [0.29, 0.717) is 19.0 Å². The minimum Gasteiger partial charge on any atom is -0.480 e. The fraction of sp³-hybridized carbons (Fsp3) is 0.619. The number of carboxylic acid groups (broad SMARTS) is 1. The Morgan fingerprint density at radius 2 is 1.85 bits per heavy atom. The van der Waals surface area contributed by atoms with Gasteiger partial charge in [0.25, 0.3) is 0 Å². The first kappa shape index (κ1) is 19.7. The third-order valence-electron chi connectivity index (χ3n) is 6.07. The molecule has 27 heavy (non-hydrogen) atoms. The molecule has 6 heteroatoms. The van der Waals surface area contributed by atoms with Gasteiger partial charge in [0.1, 0.15) is 0 Å². The van der Waals surface area contributed by atoms with Gasteiger partial charge in [-0.25, -0.2) is 4.79 Å². The Balaban J connectivity index is 1.51. The summed E-state index contributed by atoms with van der Waals surface area (Å²) in [5, 5.41) is 12.3. The van der Waals surface area contributed by atoms with Crippen molar-refractivity contribution < 1.29 is 14.7 Å². The zero-order valence-corrected chi connectivity index (χ0v) is 16.1. The molecule has 1 aliphatic carbocycles. The van der Waals surface area contributed by atoms with E-state index in [0.717, 1.165) is 38.6 Å². The number of likely N-dealkylation sites (N-methyl/N-ethyl adjacent to an activating group) is 1. The molecule has 0 spiro atoms. The predicted octanol–water partition coefficient (Wildman–Crippen LogP) is 2.90. The van der Waals surface area contributed by atoms with Gasteiger partial charge in [0.05, 0.1) is 6.54 Å². The lowest BCUT2D eigenvalue weighted by Gasteiger charge is -2.38. The molecule has 1 aromatic carbocycles. The molecule has 2 N–H and O–H groups in total. The van der Waals surface area contributed by atoms with Gasteiger partial charge >= 0.3 is 12.0 Å². The van der Waals surface area contributed by atoms with Gasteiger partial charge in [0.15, 0.2) is 0 Å². The summed E-state index contributed by atoms with van der Waals surface area (Å²) in [7, 11) is 0. The average molecular weight is 373 g/mol. The summed E-state index contributed by atoms with van der Waals surface area (Å²) in [4.78, 5) is 27.7. The van der Waals surface area contributed by atoms with Crippen LogP contribution < -0.4 is 5.32 Å². The molecule has 1 aromatic rings. The molecule has 2 atom stereocenters. The van der Waals surface area contributed by atoms with Crippen molar-refractivity contribution in [3.05, 3.63) is 35.9 Å². The number of hydrogen-bond acceptors (Lipinski definition) is 3. The number of amides is 2. The Labute approximate surface area is 161 Å². The monoisotopic (exact) mass is 373 g/mol. The number of nitrogens with one attached hydrogen (secondary N) is 1. The zero-order chi connectivity index (χ0) is 19.2. The topological polar surface area (TPSA) is 72.9 Å². The van der Waals surface area contributed by atoms with Crippen molar-refractivity contribution in [2.45, 2.75) is 57.0 Å². The number of nitrogens with zero attached hydrogens (tertiary/aromatic N) is 2. The van der Waals surface area contributed by atoms with Crippen molar-refractivity contribution in [2.75, 3.05) is 26.2 Å². The van der Waals surface area contributed by atoms with Gasteiger partial charge in [0.2, 0.25) is 0 Å². The summed E-state index contributed by atoms with van der Waals surface area (Å²) in [6, 6.07) is 10.9. The third kappa shape index (κ3) is 5.01. The lowest BCUT2D eigenvalue weighted by molar-refractivity contribution is -0.139. The second-order valence-corrected chi connectivity index (χ2v) is 7.68. The summed E-state index contributed by atoms with van der Waals surface area (Å²) in [5.74, 6) is -0.385. The van der Waals surface area contributed by atoms with Crippen LogP contribution in [-0.4, -0.2) is 65.2 Å². The van der Waals surface area contributed by atoms with Crippen molar-refractivity contribution >= 4 is 12.0 Å². The highest BCUT2D eigenvalue weighted by atomic mass is 16.4. The van der Waals surface area contributed by atoms with Crippen LogP contribution in [0.25, 0.3) is 0 Å². The number of urea groups is 1. The minimum absolute atomic E-state index is 0.0302. The summed E-state index contributed by atoms with van der Waals surface area (Å²) < 4.78 is 0. The van der Waals surface area contributed by atoms with Crippen molar-refractivity contribution in [3.63, 3.8) is 0 Å². The number of rotatable bonds is 6. The molecule has 2 amide bonds. The molecule has 148 valence electrons. The van der Waals surface area contributed by atoms with Gasteiger partial charge in [-0.15, -0.1) is 0 Å². The predicted molar refractivity (Wildman–Crippen MR) is 105 cm³/mol. The lowest BCUT2D eigenvalue weighted by Crippen LogP contribution is -2.52. The number of carbonyl (C=O) groups is 2. The van der Waals surface area contributed by atoms with Crippen LogP contribution in [0.4, 0.5) is 4.79 Å². The second-order valence-electron chi connectivity index (χ2n) is 7.68. The minimum atomic E-state index is -0.787. The summed E-state index contributed by atoms with van der Waals surface area (Å²) in [5.41, 5.74) is 1.31. The van der Waals surface area contributed by atoms with Crippen LogP contribution in [0.2, 0.25) is 0 Å². The molecule has 6 nitrogen and oxygen atoms in total. The van der Waals surface area contributed by atoms with Gasteiger partial charge in [-0.2, -0.15) is 0 Å². The molecule has 3 rings (SSSR count). The van der Waals surface area contributed by atoms with Crippen LogP contribution in [0, 0.1) is 0 Å². The van der Waals surface area contributed by atoms with E-state index in [1.165, 1.54) is 5.56 Å². The smallest absolute Gasteiger partial charge is 0.317 e. The van der Waals surface area contributed by atoms with Crippen LogP contribution in [0.5, 0.6) is 0 Å². The average Bonchev–Trinajstić information content (AvgIpc) is 3.15. The van der Waals surface area contributed by atoms with E-state index in [9.17, 15) is 9.59 Å². The van der Waals surface area contributed by atoms with Crippen molar-refractivity contribution in [1.82, 2.24) is 15.1 Å². The number of carbonyl (C=O) groups excluding carboxylic acids is 1. The van der Waals surface area contributed by atoms with Gasteiger partial charge in [-0.1, -0.05) is 43.7 Å². The Morgan fingerprint density at radius 3 is 2.48 bits per heavy atom. The van der Waals surface area contributed by atoms with E-state index in [1.54, 1.807) is 0 Å². The standard InChI is InChI=1S/C21H31N3O3/c1-2-23(15-20(25)26)17-11-13-24(14-12-17)21(27)22-19-10-6-9-18(19)16-7-4-3-5-8-16/h3-5,7-8,17-19H,2,6,9-15H2,1H3,(H,22,27)(H,25,26). The highest BCUT2D eigenvalue weighted by molar-refractivity contribution is 5.75. The van der Waals surface area contributed by atoms with Crippen LogP contribution in [-0.2, 0) is 4.79 Å². The molecule has 2 fully saturated rings. The lowest BCUT2D eigenvalue weighted by atomic mass is 9.94. The number of carboxylic acids is 1. The van der Waals surface area contributed by atoms with E-state index < -0.39 is 5.97 Å². The summed E-state index contributed by atoms with van der Waals surface area (Å²) in [6.45, 7) is 4.18. The quantitative estimate of drug-likeness (QED) is 0.804. The first-order chi connectivity index (χ1) is 13.1. The fourth-order valence-corrected chi connectivity index (χ4v) is 4.59. The number of hydrogen-bond donors (Lipinski definition) is 2. The van der Waals surface area contributed by atoms with E-state index in [2.05, 4.69) is 29.6 Å². The SMILES string of the molecule is CCN(CC(=O)O)C1CCN(C(=O)NC2CCCC2c2ccccc2)CC1. The summed E-state index contributed by atoms with van der Waals surface area (Å²) in [6.07, 6.45) is 4.97. The first-order valence-corrected chi connectivity index (χ1v) is 10.1. The highest BCUT2D eigenvalue weighted by Crippen LogP contribution is 2.34. The highest BCUT2D eigenvalue weighted by Gasteiger charge is 2.32. The molecule has 1 saturated carbocycles. The molecule has 2 unspecified atom stereocenters. The van der Waals surface area contributed by atoms with E-state index in [4.69, 9.17) is 5.11 Å². The van der Waals surface area contributed by atoms with Crippen LogP contribution in [0.15, 0.2) is 30.3 Å². The Kier molecular flexibility index (Phi) is 6.72. The Morgan fingerprint density at radius 1 is 1.15 bits per heavy atom. The number of likely N-dealkylation sites (tertiary alicyclic amines) is 1.